The summed E-state index contributed by atoms with van der Waals surface area (Å²) in [5, 5.41) is 25.1. The van der Waals surface area contributed by atoms with Gasteiger partial charge in [-0.2, -0.15) is 0 Å². The predicted octanol–water partition coefficient (Wildman–Crippen LogP) is 2.65. The molecule has 0 fully saturated rings. The first-order valence-electron chi connectivity index (χ1n) is 8.40. The minimum absolute atomic E-state index is 0.0396. The van der Waals surface area contributed by atoms with Gasteiger partial charge < -0.3 is 25.3 Å². The molecule has 144 valence electrons. The molecule has 0 saturated heterocycles. The third-order valence-electron chi connectivity index (χ3n) is 4.17. The number of anilines is 2. The van der Waals surface area contributed by atoms with Crippen LogP contribution in [0.15, 0.2) is 45.6 Å². The highest BCUT2D eigenvalue weighted by Gasteiger charge is 2.18. The molecule has 0 spiro atoms. The highest BCUT2D eigenvalue weighted by atomic mass is 16.4. The van der Waals surface area contributed by atoms with Gasteiger partial charge in [0.05, 0.1) is 17.4 Å². The van der Waals surface area contributed by atoms with E-state index in [-0.39, 0.29) is 40.4 Å². The van der Waals surface area contributed by atoms with Crippen LogP contribution in [0.5, 0.6) is 11.5 Å². The summed E-state index contributed by atoms with van der Waals surface area (Å²) < 4.78 is 5.14. The first kappa shape index (κ1) is 19.0. The Hall–Kier alpha value is -3.81. The zero-order valence-corrected chi connectivity index (χ0v) is 15.2. The van der Waals surface area contributed by atoms with Crippen molar-refractivity contribution in [2.75, 3.05) is 10.6 Å². The molecule has 0 aliphatic heterocycles. The molecule has 0 aliphatic carbocycles. The number of carbonyl (C=O) groups is 2. The molecule has 1 aromatic heterocycles. The number of phenolic OH excluding ortho intramolecular Hbond substituents is 2. The Bertz CT molecular complexity index is 1130. The summed E-state index contributed by atoms with van der Waals surface area (Å²) in [5.74, 6) is -1.13. The van der Waals surface area contributed by atoms with Crippen LogP contribution in [0.1, 0.15) is 18.1 Å². The predicted molar refractivity (Wildman–Crippen MR) is 104 cm³/mol. The first-order valence-corrected chi connectivity index (χ1v) is 8.40. The van der Waals surface area contributed by atoms with E-state index in [1.54, 1.807) is 31.2 Å². The number of carbonyl (C=O) groups excluding carboxylic acids is 2. The average Bonchev–Trinajstić information content (AvgIpc) is 2.59. The molecule has 3 rings (SSSR count). The minimum Gasteiger partial charge on any atom is -0.508 e. The van der Waals surface area contributed by atoms with Gasteiger partial charge in [0.2, 0.25) is 11.8 Å². The van der Waals surface area contributed by atoms with Gasteiger partial charge in [0.15, 0.2) is 0 Å². The van der Waals surface area contributed by atoms with Gasteiger partial charge in [-0.1, -0.05) is 0 Å². The number of aryl methyl sites for hydroxylation is 1. The van der Waals surface area contributed by atoms with Crippen molar-refractivity contribution in [2.45, 2.75) is 20.3 Å². The number of fused-ring (bicyclic) bond motifs is 1. The zero-order chi connectivity index (χ0) is 20.4. The van der Waals surface area contributed by atoms with E-state index >= 15 is 0 Å². The molecule has 0 aliphatic rings. The van der Waals surface area contributed by atoms with Crippen LogP contribution in [-0.4, -0.2) is 22.0 Å². The number of hydrogen-bond acceptors (Lipinski definition) is 6. The number of aromatic hydroxyl groups is 2. The molecule has 3 aromatic rings. The second kappa shape index (κ2) is 7.43. The van der Waals surface area contributed by atoms with Crippen LogP contribution < -0.4 is 16.3 Å². The maximum atomic E-state index is 12.4. The van der Waals surface area contributed by atoms with Gasteiger partial charge in [-0.25, -0.2) is 4.79 Å². The van der Waals surface area contributed by atoms with E-state index in [1.165, 1.54) is 13.0 Å². The summed E-state index contributed by atoms with van der Waals surface area (Å²) in [5.41, 5.74) is 0.926. The van der Waals surface area contributed by atoms with Crippen molar-refractivity contribution >= 4 is 34.2 Å². The fourth-order valence-corrected chi connectivity index (χ4v) is 2.92. The molecule has 4 N–H and O–H groups in total. The van der Waals surface area contributed by atoms with Crippen molar-refractivity contribution in [1.82, 2.24) is 0 Å². The standard InChI is InChI=1S/C20H18N2O6/c1-10-15(20(27)28-17-8-14(24)7-16(25)19(10)17)9-18(26)22-13-5-3-12(4-6-13)21-11(2)23/h3-8,24-25H,9H2,1-2H3,(H,21,23)(H,22,26). The van der Waals surface area contributed by atoms with Crippen molar-refractivity contribution in [3.05, 3.63) is 57.9 Å². The largest absolute Gasteiger partial charge is 0.508 e. The smallest absolute Gasteiger partial charge is 0.340 e. The molecule has 8 heteroatoms. The molecule has 8 nitrogen and oxygen atoms in total. The molecule has 2 amide bonds. The van der Waals surface area contributed by atoms with Gasteiger partial charge >= 0.3 is 5.63 Å². The van der Waals surface area contributed by atoms with E-state index in [9.17, 15) is 24.6 Å². The Kier molecular flexibility index (Phi) is 5.04. The summed E-state index contributed by atoms with van der Waals surface area (Å²) in [6.07, 6.45) is -0.252. The van der Waals surface area contributed by atoms with E-state index in [4.69, 9.17) is 4.42 Å². The molecule has 28 heavy (non-hydrogen) atoms. The molecule has 2 aromatic carbocycles. The normalized spacial score (nSPS) is 10.6. The molecular formula is C20H18N2O6. The summed E-state index contributed by atoms with van der Waals surface area (Å²) in [6.45, 7) is 2.99. The van der Waals surface area contributed by atoms with Crippen molar-refractivity contribution in [3.63, 3.8) is 0 Å². The summed E-state index contributed by atoms with van der Waals surface area (Å²) in [4.78, 5) is 35.6. The Balaban J connectivity index is 1.83. The number of phenols is 2. The van der Waals surface area contributed by atoms with Crippen molar-refractivity contribution < 1.29 is 24.2 Å². The Labute approximate surface area is 159 Å². The van der Waals surface area contributed by atoms with Crippen molar-refractivity contribution in [1.29, 1.82) is 0 Å². The Morgan fingerprint density at radius 1 is 1.04 bits per heavy atom. The lowest BCUT2D eigenvalue weighted by molar-refractivity contribution is -0.116. The van der Waals surface area contributed by atoms with Crippen LogP contribution in [-0.2, 0) is 16.0 Å². The van der Waals surface area contributed by atoms with E-state index in [0.29, 0.717) is 16.9 Å². The van der Waals surface area contributed by atoms with E-state index in [1.807, 2.05) is 0 Å². The van der Waals surface area contributed by atoms with E-state index in [0.717, 1.165) is 6.07 Å². The van der Waals surface area contributed by atoms with Gasteiger partial charge in [-0.15, -0.1) is 0 Å². The second-order valence-electron chi connectivity index (χ2n) is 6.31. The Morgan fingerprint density at radius 3 is 2.25 bits per heavy atom. The van der Waals surface area contributed by atoms with Crippen LogP contribution in [0.2, 0.25) is 0 Å². The van der Waals surface area contributed by atoms with E-state index < -0.39 is 11.5 Å². The number of amides is 2. The van der Waals surface area contributed by atoms with Crippen LogP contribution in [0, 0.1) is 6.92 Å². The fraction of sp³-hybridized carbons (Fsp3) is 0.150. The molecule has 0 unspecified atom stereocenters. The third-order valence-corrected chi connectivity index (χ3v) is 4.17. The summed E-state index contributed by atoms with van der Waals surface area (Å²) in [6, 6.07) is 8.87. The number of hydrogen-bond donors (Lipinski definition) is 4. The molecular weight excluding hydrogens is 364 g/mol. The van der Waals surface area contributed by atoms with Crippen LogP contribution in [0.25, 0.3) is 11.0 Å². The van der Waals surface area contributed by atoms with Gasteiger partial charge in [-0.3, -0.25) is 9.59 Å². The lowest BCUT2D eigenvalue weighted by atomic mass is 10.0. The van der Waals surface area contributed by atoms with Crippen LogP contribution >= 0.6 is 0 Å². The number of rotatable bonds is 4. The summed E-state index contributed by atoms with van der Waals surface area (Å²) >= 11 is 0. The van der Waals surface area contributed by atoms with E-state index in [2.05, 4.69) is 10.6 Å². The van der Waals surface area contributed by atoms with Crippen molar-refractivity contribution in [3.8, 4) is 11.5 Å². The van der Waals surface area contributed by atoms with Gasteiger partial charge in [0.25, 0.3) is 0 Å². The quantitative estimate of drug-likeness (QED) is 0.514. The van der Waals surface area contributed by atoms with Crippen LogP contribution in [0.3, 0.4) is 0 Å². The lowest BCUT2D eigenvalue weighted by Crippen LogP contribution is -2.20. The maximum absolute atomic E-state index is 12.4. The summed E-state index contributed by atoms with van der Waals surface area (Å²) in [7, 11) is 0. The molecule has 0 bridgehead atoms. The Morgan fingerprint density at radius 2 is 1.64 bits per heavy atom. The van der Waals surface area contributed by atoms with Gasteiger partial charge in [0.1, 0.15) is 17.1 Å². The first-order chi connectivity index (χ1) is 13.2. The zero-order valence-electron chi connectivity index (χ0n) is 15.2. The third kappa shape index (κ3) is 3.96. The second-order valence-corrected chi connectivity index (χ2v) is 6.31. The monoisotopic (exact) mass is 382 g/mol. The highest BCUT2D eigenvalue weighted by Crippen LogP contribution is 2.32. The molecule has 0 radical (unpaired) electrons. The molecule has 1 heterocycles. The molecule has 0 saturated carbocycles. The van der Waals surface area contributed by atoms with Gasteiger partial charge in [0, 0.05) is 30.4 Å². The topological polar surface area (TPSA) is 129 Å². The lowest BCUT2D eigenvalue weighted by Gasteiger charge is -2.10. The number of nitrogens with one attached hydrogen (secondary N) is 2. The highest BCUT2D eigenvalue weighted by molar-refractivity contribution is 5.95. The molecule has 0 atom stereocenters. The fourth-order valence-electron chi connectivity index (χ4n) is 2.92. The van der Waals surface area contributed by atoms with Crippen LogP contribution in [0.4, 0.5) is 11.4 Å². The van der Waals surface area contributed by atoms with Crippen molar-refractivity contribution in [2.24, 2.45) is 0 Å². The average molecular weight is 382 g/mol. The maximum Gasteiger partial charge on any atom is 0.340 e. The minimum atomic E-state index is -0.717. The van der Waals surface area contributed by atoms with Gasteiger partial charge in [-0.05, 0) is 36.8 Å². The number of benzene rings is 2. The SMILES string of the molecule is CC(=O)Nc1ccc(NC(=O)Cc2c(C)c3c(O)cc(O)cc3oc2=O)cc1.